The summed E-state index contributed by atoms with van der Waals surface area (Å²) in [5, 5.41) is 3.06. The lowest BCUT2D eigenvalue weighted by atomic mass is 9.99. The van der Waals surface area contributed by atoms with Gasteiger partial charge >= 0.3 is 0 Å². The Bertz CT molecular complexity index is 758. The summed E-state index contributed by atoms with van der Waals surface area (Å²) in [6, 6.07) is 6.84. The van der Waals surface area contributed by atoms with Crippen LogP contribution >= 0.6 is 0 Å². The van der Waals surface area contributed by atoms with E-state index in [9.17, 15) is 9.18 Å². The van der Waals surface area contributed by atoms with Gasteiger partial charge in [-0.05, 0) is 17.7 Å². The lowest BCUT2D eigenvalue weighted by Crippen LogP contribution is -2.41. The van der Waals surface area contributed by atoms with Crippen molar-refractivity contribution in [1.29, 1.82) is 0 Å². The molecule has 2 aromatic rings. The number of carbonyl (C=O) groups excluding carboxylic acids is 1. The number of halogens is 1. The van der Waals surface area contributed by atoms with Crippen LogP contribution in [0.3, 0.4) is 0 Å². The second-order valence-corrected chi connectivity index (χ2v) is 6.50. The first-order valence-corrected chi connectivity index (χ1v) is 8.34. The Morgan fingerprint density at radius 1 is 1.36 bits per heavy atom. The second kappa shape index (κ2) is 6.85. The average Bonchev–Trinajstić information content (AvgIpc) is 3.21. The first-order valence-electron chi connectivity index (χ1n) is 8.34. The third kappa shape index (κ3) is 3.38. The monoisotopic (exact) mass is 342 g/mol. The molecule has 0 unspecified atom stereocenters. The molecule has 4 rings (SSSR count). The molecule has 0 aliphatic carbocycles. The van der Waals surface area contributed by atoms with Gasteiger partial charge in [0.25, 0.3) is 5.91 Å². The molecule has 6 nitrogen and oxygen atoms in total. The number of benzene rings is 1. The number of aromatic nitrogens is 2. The van der Waals surface area contributed by atoms with E-state index in [1.165, 1.54) is 24.7 Å². The molecule has 130 valence electrons. The molecule has 3 atom stereocenters. The maximum absolute atomic E-state index is 13.4. The van der Waals surface area contributed by atoms with Crippen LogP contribution in [-0.2, 0) is 11.3 Å². The zero-order chi connectivity index (χ0) is 17.2. The van der Waals surface area contributed by atoms with Crippen molar-refractivity contribution in [2.24, 2.45) is 5.92 Å². The Hall–Kier alpha value is -2.38. The normalized spacial score (nSPS) is 25.7. The lowest BCUT2D eigenvalue weighted by Gasteiger charge is -2.22. The Balaban J connectivity index is 1.46. The summed E-state index contributed by atoms with van der Waals surface area (Å²) in [7, 11) is 0. The van der Waals surface area contributed by atoms with E-state index < -0.39 is 0 Å². The maximum atomic E-state index is 13.4. The summed E-state index contributed by atoms with van der Waals surface area (Å²) in [5.41, 5.74) is 1.23. The fraction of sp³-hybridized carbons (Fsp3) is 0.389. The Labute approximate surface area is 145 Å². The van der Waals surface area contributed by atoms with Gasteiger partial charge in [0.1, 0.15) is 11.5 Å². The van der Waals surface area contributed by atoms with Gasteiger partial charge in [-0.3, -0.25) is 14.7 Å². The first-order chi connectivity index (χ1) is 12.2. The van der Waals surface area contributed by atoms with Crippen molar-refractivity contribution in [1.82, 2.24) is 20.2 Å². The molecule has 1 aromatic carbocycles. The number of hydrogen-bond donors (Lipinski definition) is 1. The van der Waals surface area contributed by atoms with Crippen LogP contribution in [0.4, 0.5) is 4.39 Å². The van der Waals surface area contributed by atoms with Gasteiger partial charge in [0.2, 0.25) is 0 Å². The van der Waals surface area contributed by atoms with Crippen molar-refractivity contribution in [2.45, 2.75) is 18.6 Å². The predicted molar refractivity (Wildman–Crippen MR) is 88.2 cm³/mol. The standard InChI is InChI=1S/C18H19FN4O2/c19-13-3-1-2-12(6-13)8-23-9-16(14-10-25-11-17(14)23)22-18(24)15-7-20-4-5-21-15/h1-7,14,16-17H,8-11H2,(H,22,24)/t14-,16-,17-/m1/s1. The Morgan fingerprint density at radius 3 is 3.08 bits per heavy atom. The van der Waals surface area contributed by atoms with Crippen LogP contribution in [0, 0.1) is 11.7 Å². The molecule has 1 N–H and O–H groups in total. The van der Waals surface area contributed by atoms with E-state index in [0.29, 0.717) is 32.0 Å². The van der Waals surface area contributed by atoms with E-state index >= 15 is 0 Å². The number of nitrogens with one attached hydrogen (secondary N) is 1. The van der Waals surface area contributed by atoms with E-state index in [2.05, 4.69) is 20.2 Å². The Kier molecular flexibility index (Phi) is 4.42. The molecule has 7 heteroatoms. The van der Waals surface area contributed by atoms with Gasteiger partial charge in [0.05, 0.1) is 19.4 Å². The van der Waals surface area contributed by atoms with Gasteiger partial charge in [-0.1, -0.05) is 12.1 Å². The zero-order valence-electron chi connectivity index (χ0n) is 13.6. The van der Waals surface area contributed by atoms with Crippen molar-refractivity contribution in [3.8, 4) is 0 Å². The molecule has 2 fully saturated rings. The molecule has 25 heavy (non-hydrogen) atoms. The van der Waals surface area contributed by atoms with Gasteiger partial charge in [-0.2, -0.15) is 0 Å². The fourth-order valence-electron chi connectivity index (χ4n) is 3.71. The number of carbonyl (C=O) groups is 1. The van der Waals surface area contributed by atoms with Crippen LogP contribution < -0.4 is 5.32 Å². The molecule has 0 radical (unpaired) electrons. The SMILES string of the molecule is O=C(N[C@@H]1CN(Cc2cccc(F)c2)[C@@H]2COC[C@@H]21)c1cnccn1. The van der Waals surface area contributed by atoms with E-state index in [-0.39, 0.29) is 29.7 Å². The van der Waals surface area contributed by atoms with E-state index in [4.69, 9.17) is 4.74 Å². The number of nitrogens with zero attached hydrogens (tertiary/aromatic N) is 3. The molecular weight excluding hydrogens is 323 g/mol. The number of ether oxygens (including phenoxy) is 1. The van der Waals surface area contributed by atoms with Crippen LogP contribution in [0.2, 0.25) is 0 Å². The second-order valence-electron chi connectivity index (χ2n) is 6.50. The van der Waals surface area contributed by atoms with Crippen molar-refractivity contribution in [3.63, 3.8) is 0 Å². The molecule has 2 aliphatic heterocycles. The molecule has 0 saturated carbocycles. The van der Waals surface area contributed by atoms with Crippen LogP contribution in [0.25, 0.3) is 0 Å². The predicted octanol–water partition coefficient (Wildman–Crippen LogP) is 1.24. The van der Waals surface area contributed by atoms with Gasteiger partial charge in [-0.25, -0.2) is 9.37 Å². The first kappa shape index (κ1) is 16.1. The summed E-state index contributed by atoms with van der Waals surface area (Å²) in [6.07, 6.45) is 4.49. The third-order valence-electron chi connectivity index (χ3n) is 4.90. The summed E-state index contributed by atoms with van der Waals surface area (Å²) in [4.78, 5) is 22.6. The van der Waals surface area contributed by atoms with Gasteiger partial charge < -0.3 is 10.1 Å². The summed E-state index contributed by atoms with van der Waals surface area (Å²) in [5.74, 6) is -0.228. The highest BCUT2D eigenvalue weighted by Crippen LogP contribution is 2.31. The molecule has 0 bridgehead atoms. The van der Waals surface area contributed by atoms with Crippen LogP contribution in [0.5, 0.6) is 0 Å². The zero-order valence-corrected chi connectivity index (χ0v) is 13.6. The molecule has 3 heterocycles. The van der Waals surface area contributed by atoms with E-state index in [0.717, 1.165) is 5.56 Å². The molecular formula is C18H19FN4O2. The molecule has 1 amide bonds. The topological polar surface area (TPSA) is 67.4 Å². The quantitative estimate of drug-likeness (QED) is 0.906. The molecule has 1 aromatic heterocycles. The van der Waals surface area contributed by atoms with Crippen molar-refractivity contribution < 1.29 is 13.9 Å². The Morgan fingerprint density at radius 2 is 2.28 bits per heavy atom. The number of hydrogen-bond acceptors (Lipinski definition) is 5. The smallest absolute Gasteiger partial charge is 0.271 e. The average molecular weight is 342 g/mol. The highest BCUT2D eigenvalue weighted by atomic mass is 19.1. The summed E-state index contributed by atoms with van der Waals surface area (Å²) in [6.45, 7) is 2.61. The van der Waals surface area contributed by atoms with Gasteiger partial charge in [0.15, 0.2) is 0 Å². The van der Waals surface area contributed by atoms with Gasteiger partial charge in [-0.15, -0.1) is 0 Å². The third-order valence-corrected chi connectivity index (χ3v) is 4.90. The molecule has 2 aliphatic rings. The maximum Gasteiger partial charge on any atom is 0.271 e. The molecule has 2 saturated heterocycles. The largest absolute Gasteiger partial charge is 0.379 e. The van der Waals surface area contributed by atoms with Crippen LogP contribution in [0.15, 0.2) is 42.9 Å². The van der Waals surface area contributed by atoms with Crippen molar-refractivity contribution in [3.05, 3.63) is 59.9 Å². The van der Waals surface area contributed by atoms with Crippen LogP contribution in [-0.4, -0.2) is 52.6 Å². The minimum atomic E-state index is -0.233. The minimum Gasteiger partial charge on any atom is -0.379 e. The highest BCUT2D eigenvalue weighted by Gasteiger charge is 2.45. The number of amides is 1. The molecule has 0 spiro atoms. The summed E-state index contributed by atoms with van der Waals surface area (Å²) >= 11 is 0. The van der Waals surface area contributed by atoms with Crippen LogP contribution in [0.1, 0.15) is 16.1 Å². The highest BCUT2D eigenvalue weighted by molar-refractivity contribution is 5.92. The fourth-order valence-corrected chi connectivity index (χ4v) is 3.71. The van der Waals surface area contributed by atoms with Gasteiger partial charge in [0, 0.05) is 43.5 Å². The number of fused-ring (bicyclic) bond motifs is 1. The lowest BCUT2D eigenvalue weighted by molar-refractivity contribution is 0.0910. The summed E-state index contributed by atoms with van der Waals surface area (Å²) < 4.78 is 19.1. The van der Waals surface area contributed by atoms with Crippen molar-refractivity contribution >= 4 is 5.91 Å². The van der Waals surface area contributed by atoms with E-state index in [1.54, 1.807) is 12.1 Å². The van der Waals surface area contributed by atoms with E-state index in [1.807, 2.05) is 6.07 Å². The van der Waals surface area contributed by atoms with Crippen molar-refractivity contribution in [2.75, 3.05) is 19.8 Å². The minimum absolute atomic E-state index is 0.0180. The number of likely N-dealkylation sites (tertiary alicyclic amines) is 1. The number of rotatable bonds is 4.